The number of sulfone groups is 1. The van der Waals surface area contributed by atoms with Gasteiger partial charge in [-0.15, -0.1) is 0 Å². The molecular formula is C16H18N2O3S. The van der Waals surface area contributed by atoms with Crippen LogP contribution in [-0.2, 0) is 9.84 Å². The number of pyridine rings is 1. The summed E-state index contributed by atoms with van der Waals surface area (Å²) in [5, 5.41) is 2.65. The first-order chi connectivity index (χ1) is 10.4. The maximum atomic E-state index is 12.3. The monoisotopic (exact) mass is 318 g/mol. The Morgan fingerprint density at radius 1 is 1.18 bits per heavy atom. The van der Waals surface area contributed by atoms with Gasteiger partial charge in [-0.05, 0) is 38.1 Å². The molecule has 1 N–H and O–H groups in total. The summed E-state index contributed by atoms with van der Waals surface area (Å²) in [5.41, 5.74) is 1.26. The van der Waals surface area contributed by atoms with E-state index in [0.717, 1.165) is 5.56 Å². The summed E-state index contributed by atoms with van der Waals surface area (Å²) in [4.78, 5) is 16.1. The Labute approximate surface area is 130 Å². The van der Waals surface area contributed by atoms with E-state index in [-0.39, 0.29) is 22.2 Å². The summed E-state index contributed by atoms with van der Waals surface area (Å²) in [6.45, 7) is 3.55. The number of aromatic nitrogens is 1. The Hall–Kier alpha value is -2.21. The predicted octanol–water partition coefficient (Wildman–Crippen LogP) is 1.98. The van der Waals surface area contributed by atoms with Crippen LogP contribution < -0.4 is 5.32 Å². The SMILES string of the molecule is Cc1ccc(S(=O)(=O)CC(C)NC(=O)c2ccccn2)cc1. The Balaban J connectivity index is 2.03. The summed E-state index contributed by atoms with van der Waals surface area (Å²) < 4.78 is 24.6. The molecule has 116 valence electrons. The number of aryl methyl sites for hydroxylation is 1. The van der Waals surface area contributed by atoms with Gasteiger partial charge in [0.2, 0.25) is 0 Å². The van der Waals surface area contributed by atoms with Gasteiger partial charge in [0.15, 0.2) is 9.84 Å². The highest BCUT2D eigenvalue weighted by Crippen LogP contribution is 2.13. The lowest BCUT2D eigenvalue weighted by molar-refractivity contribution is 0.0938. The van der Waals surface area contributed by atoms with Crippen molar-refractivity contribution in [2.45, 2.75) is 24.8 Å². The van der Waals surface area contributed by atoms with Crippen LogP contribution in [-0.4, -0.2) is 31.1 Å². The van der Waals surface area contributed by atoms with Gasteiger partial charge in [-0.1, -0.05) is 23.8 Å². The molecule has 2 rings (SSSR count). The number of carbonyl (C=O) groups excluding carboxylic acids is 1. The van der Waals surface area contributed by atoms with Crippen molar-refractivity contribution in [2.75, 3.05) is 5.75 Å². The summed E-state index contributed by atoms with van der Waals surface area (Å²) in [6, 6.07) is 11.2. The number of rotatable bonds is 5. The molecule has 1 amide bonds. The molecule has 2 aromatic rings. The van der Waals surface area contributed by atoms with Crippen molar-refractivity contribution < 1.29 is 13.2 Å². The minimum Gasteiger partial charge on any atom is -0.347 e. The molecule has 1 aromatic heterocycles. The Morgan fingerprint density at radius 3 is 2.45 bits per heavy atom. The van der Waals surface area contributed by atoms with Gasteiger partial charge in [0.25, 0.3) is 5.91 Å². The molecule has 1 heterocycles. The normalized spacial score (nSPS) is 12.6. The third-order valence-electron chi connectivity index (χ3n) is 3.12. The fraction of sp³-hybridized carbons (Fsp3) is 0.250. The van der Waals surface area contributed by atoms with E-state index in [9.17, 15) is 13.2 Å². The van der Waals surface area contributed by atoms with E-state index < -0.39 is 15.9 Å². The lowest BCUT2D eigenvalue weighted by Crippen LogP contribution is -2.37. The number of nitrogens with zero attached hydrogens (tertiary/aromatic N) is 1. The molecule has 1 atom stereocenters. The molecule has 0 spiro atoms. The Kier molecular flexibility index (Phi) is 4.92. The summed E-state index contributed by atoms with van der Waals surface area (Å²) in [5.74, 6) is -0.540. The standard InChI is InChI=1S/C16H18N2O3S/c1-12-6-8-14(9-7-12)22(20,21)11-13(2)18-16(19)15-5-3-4-10-17-15/h3-10,13H,11H2,1-2H3,(H,18,19). The number of hydrogen-bond acceptors (Lipinski definition) is 4. The van der Waals surface area contributed by atoms with Crippen LogP contribution >= 0.6 is 0 Å². The van der Waals surface area contributed by atoms with Crippen LogP contribution in [0.3, 0.4) is 0 Å². The smallest absolute Gasteiger partial charge is 0.270 e. The molecule has 1 aromatic carbocycles. The molecule has 5 nitrogen and oxygen atoms in total. The van der Waals surface area contributed by atoms with Gasteiger partial charge in [0.1, 0.15) is 5.69 Å². The van der Waals surface area contributed by atoms with Gasteiger partial charge in [-0.3, -0.25) is 9.78 Å². The van der Waals surface area contributed by atoms with E-state index in [4.69, 9.17) is 0 Å². The lowest BCUT2D eigenvalue weighted by Gasteiger charge is -2.14. The minimum atomic E-state index is -3.44. The van der Waals surface area contributed by atoms with E-state index in [0.29, 0.717) is 0 Å². The van der Waals surface area contributed by atoms with Crippen LogP contribution in [0.1, 0.15) is 23.0 Å². The van der Waals surface area contributed by atoms with Crippen LogP contribution in [0.2, 0.25) is 0 Å². The number of amides is 1. The quantitative estimate of drug-likeness (QED) is 0.914. The predicted molar refractivity (Wildman–Crippen MR) is 84.4 cm³/mol. The average molecular weight is 318 g/mol. The zero-order valence-corrected chi connectivity index (χ0v) is 13.3. The maximum absolute atomic E-state index is 12.3. The molecule has 0 saturated carbocycles. The Bertz CT molecular complexity index is 741. The van der Waals surface area contributed by atoms with Gasteiger partial charge < -0.3 is 5.32 Å². The third-order valence-corrected chi connectivity index (χ3v) is 5.05. The van der Waals surface area contributed by atoms with E-state index >= 15 is 0 Å². The van der Waals surface area contributed by atoms with Crippen molar-refractivity contribution in [1.29, 1.82) is 0 Å². The average Bonchev–Trinajstić information content (AvgIpc) is 2.48. The second-order valence-corrected chi connectivity index (χ2v) is 7.22. The molecule has 0 bridgehead atoms. The molecule has 22 heavy (non-hydrogen) atoms. The zero-order chi connectivity index (χ0) is 16.2. The molecule has 0 aliphatic carbocycles. The second-order valence-electron chi connectivity index (χ2n) is 5.18. The van der Waals surface area contributed by atoms with Crippen LogP contribution in [0.25, 0.3) is 0 Å². The van der Waals surface area contributed by atoms with Crippen molar-refractivity contribution in [3.63, 3.8) is 0 Å². The lowest BCUT2D eigenvalue weighted by atomic mass is 10.2. The highest BCUT2D eigenvalue weighted by atomic mass is 32.2. The first kappa shape index (κ1) is 16.2. The first-order valence-electron chi connectivity index (χ1n) is 6.90. The minimum absolute atomic E-state index is 0.158. The molecule has 0 saturated heterocycles. The second kappa shape index (κ2) is 6.70. The molecule has 0 radical (unpaired) electrons. The Morgan fingerprint density at radius 2 is 1.86 bits per heavy atom. The third kappa shape index (κ3) is 4.14. The maximum Gasteiger partial charge on any atom is 0.270 e. The number of nitrogens with one attached hydrogen (secondary N) is 1. The summed E-state index contributed by atoms with van der Waals surface area (Å²) >= 11 is 0. The fourth-order valence-corrected chi connectivity index (χ4v) is 3.49. The zero-order valence-electron chi connectivity index (χ0n) is 12.5. The van der Waals surface area contributed by atoms with E-state index in [1.165, 1.54) is 6.20 Å². The molecule has 6 heteroatoms. The van der Waals surface area contributed by atoms with Crippen LogP contribution in [0, 0.1) is 6.92 Å². The highest BCUT2D eigenvalue weighted by molar-refractivity contribution is 7.91. The van der Waals surface area contributed by atoms with Crippen molar-refractivity contribution in [3.05, 3.63) is 59.9 Å². The number of benzene rings is 1. The van der Waals surface area contributed by atoms with Gasteiger partial charge in [-0.25, -0.2) is 8.42 Å². The summed E-state index contributed by atoms with van der Waals surface area (Å²) in [6.07, 6.45) is 1.52. The fourth-order valence-electron chi connectivity index (χ4n) is 2.01. The number of hydrogen-bond donors (Lipinski definition) is 1. The van der Waals surface area contributed by atoms with E-state index in [1.54, 1.807) is 49.4 Å². The van der Waals surface area contributed by atoms with Crippen LogP contribution in [0.15, 0.2) is 53.6 Å². The van der Waals surface area contributed by atoms with Crippen LogP contribution in [0.5, 0.6) is 0 Å². The van der Waals surface area contributed by atoms with Gasteiger partial charge in [0, 0.05) is 12.2 Å². The van der Waals surface area contributed by atoms with Crippen LogP contribution in [0.4, 0.5) is 0 Å². The van der Waals surface area contributed by atoms with Crippen molar-refractivity contribution in [2.24, 2.45) is 0 Å². The van der Waals surface area contributed by atoms with E-state index in [2.05, 4.69) is 10.3 Å². The molecule has 1 unspecified atom stereocenters. The largest absolute Gasteiger partial charge is 0.347 e. The van der Waals surface area contributed by atoms with Gasteiger partial charge in [0.05, 0.1) is 10.6 Å². The van der Waals surface area contributed by atoms with Crippen molar-refractivity contribution >= 4 is 15.7 Å². The summed E-state index contributed by atoms with van der Waals surface area (Å²) in [7, 11) is -3.44. The molecule has 0 aliphatic rings. The van der Waals surface area contributed by atoms with E-state index in [1.807, 2.05) is 6.92 Å². The van der Waals surface area contributed by atoms with Crippen molar-refractivity contribution in [1.82, 2.24) is 10.3 Å². The highest BCUT2D eigenvalue weighted by Gasteiger charge is 2.20. The first-order valence-corrected chi connectivity index (χ1v) is 8.55. The van der Waals surface area contributed by atoms with Gasteiger partial charge >= 0.3 is 0 Å². The molecular weight excluding hydrogens is 300 g/mol. The topological polar surface area (TPSA) is 76.1 Å². The number of carbonyl (C=O) groups is 1. The van der Waals surface area contributed by atoms with Crippen molar-refractivity contribution in [3.8, 4) is 0 Å². The molecule has 0 aliphatic heterocycles. The molecule has 0 fully saturated rings. The van der Waals surface area contributed by atoms with Gasteiger partial charge in [-0.2, -0.15) is 0 Å².